The molecule has 1 N–H and O–H groups in total. The van der Waals surface area contributed by atoms with Gasteiger partial charge in [-0.25, -0.2) is 13.2 Å². The van der Waals surface area contributed by atoms with Crippen LogP contribution < -0.4 is 4.74 Å². The van der Waals surface area contributed by atoms with Crippen LogP contribution in [-0.2, 0) is 6.42 Å². The number of hydrogen-bond acceptors (Lipinski definition) is 2. The first-order valence-corrected chi connectivity index (χ1v) is 4.49. The van der Waals surface area contributed by atoms with Crippen LogP contribution in [0.5, 0.6) is 5.75 Å². The van der Waals surface area contributed by atoms with E-state index in [1.165, 1.54) is 0 Å². The SMILES string of the molecule is OC1COc2cc(C(F)F)cc(F)c2C1. The van der Waals surface area contributed by atoms with Crippen LogP contribution in [0.3, 0.4) is 0 Å². The zero-order valence-corrected chi connectivity index (χ0v) is 7.71. The summed E-state index contributed by atoms with van der Waals surface area (Å²) in [6, 6.07) is 1.90. The monoisotopic (exact) mass is 218 g/mol. The molecule has 0 aliphatic carbocycles. The van der Waals surface area contributed by atoms with E-state index < -0.39 is 23.9 Å². The molecule has 5 heteroatoms. The third-order valence-corrected chi connectivity index (χ3v) is 2.30. The molecule has 1 aromatic rings. The first-order chi connectivity index (χ1) is 7.08. The smallest absolute Gasteiger partial charge is 0.264 e. The largest absolute Gasteiger partial charge is 0.490 e. The Hall–Kier alpha value is -1.23. The second-order valence-corrected chi connectivity index (χ2v) is 3.45. The van der Waals surface area contributed by atoms with E-state index in [0.717, 1.165) is 12.1 Å². The van der Waals surface area contributed by atoms with Crippen molar-refractivity contribution in [2.45, 2.75) is 19.0 Å². The molecule has 1 heterocycles. The van der Waals surface area contributed by atoms with Gasteiger partial charge in [-0.15, -0.1) is 0 Å². The molecule has 0 bridgehead atoms. The van der Waals surface area contributed by atoms with E-state index in [0.29, 0.717) is 0 Å². The molecule has 1 aliphatic rings. The van der Waals surface area contributed by atoms with Crippen LogP contribution in [0.25, 0.3) is 0 Å². The van der Waals surface area contributed by atoms with Crippen LogP contribution in [0.1, 0.15) is 17.6 Å². The number of rotatable bonds is 1. The highest BCUT2D eigenvalue weighted by Gasteiger charge is 2.23. The summed E-state index contributed by atoms with van der Waals surface area (Å²) in [7, 11) is 0. The quantitative estimate of drug-likeness (QED) is 0.781. The van der Waals surface area contributed by atoms with Crippen molar-refractivity contribution in [3.63, 3.8) is 0 Å². The van der Waals surface area contributed by atoms with Crippen molar-refractivity contribution in [1.29, 1.82) is 0 Å². The standard InChI is InChI=1S/C10H9F3O2/c11-8-1-5(10(12)13)2-9-7(8)3-6(14)4-15-9/h1-2,6,10,14H,3-4H2. The van der Waals surface area contributed by atoms with Gasteiger partial charge in [0.25, 0.3) is 6.43 Å². The number of ether oxygens (including phenoxy) is 1. The van der Waals surface area contributed by atoms with E-state index in [-0.39, 0.29) is 24.3 Å². The lowest BCUT2D eigenvalue weighted by molar-refractivity contribution is 0.0895. The minimum absolute atomic E-state index is 0.0130. The maximum absolute atomic E-state index is 13.3. The number of alkyl halides is 2. The Balaban J connectivity index is 2.43. The Morgan fingerprint density at radius 1 is 1.40 bits per heavy atom. The molecule has 1 aromatic carbocycles. The topological polar surface area (TPSA) is 29.5 Å². The molecule has 0 saturated carbocycles. The molecule has 2 nitrogen and oxygen atoms in total. The van der Waals surface area contributed by atoms with Crippen LogP contribution in [0.15, 0.2) is 12.1 Å². The van der Waals surface area contributed by atoms with Gasteiger partial charge in [-0.3, -0.25) is 0 Å². The summed E-state index contributed by atoms with van der Waals surface area (Å²) < 4.78 is 43.0. The molecule has 1 atom stereocenters. The molecule has 0 saturated heterocycles. The highest BCUT2D eigenvalue weighted by atomic mass is 19.3. The van der Waals surface area contributed by atoms with Gasteiger partial charge in [0.2, 0.25) is 0 Å². The lowest BCUT2D eigenvalue weighted by Crippen LogP contribution is -2.26. The average Bonchev–Trinajstić information content (AvgIpc) is 2.18. The molecule has 1 unspecified atom stereocenters. The van der Waals surface area contributed by atoms with E-state index >= 15 is 0 Å². The van der Waals surface area contributed by atoms with Crippen molar-refractivity contribution in [2.75, 3.05) is 6.61 Å². The molecular formula is C10H9F3O2. The highest BCUT2D eigenvalue weighted by molar-refractivity contribution is 5.41. The average molecular weight is 218 g/mol. The van der Waals surface area contributed by atoms with Crippen molar-refractivity contribution >= 4 is 0 Å². The highest BCUT2D eigenvalue weighted by Crippen LogP contribution is 2.32. The molecule has 2 rings (SSSR count). The number of benzene rings is 1. The van der Waals surface area contributed by atoms with Gasteiger partial charge in [0.05, 0.1) is 6.10 Å². The van der Waals surface area contributed by atoms with Crippen LogP contribution in [0.4, 0.5) is 13.2 Å². The second-order valence-electron chi connectivity index (χ2n) is 3.45. The van der Waals surface area contributed by atoms with E-state index in [1.54, 1.807) is 0 Å². The minimum atomic E-state index is -2.72. The molecule has 15 heavy (non-hydrogen) atoms. The fourth-order valence-corrected chi connectivity index (χ4v) is 1.56. The molecule has 0 spiro atoms. The molecule has 0 fully saturated rings. The summed E-state index contributed by atoms with van der Waals surface area (Å²) in [4.78, 5) is 0. The van der Waals surface area contributed by atoms with Crippen LogP contribution in [0, 0.1) is 5.82 Å². The maximum Gasteiger partial charge on any atom is 0.264 e. The fraction of sp³-hybridized carbons (Fsp3) is 0.400. The predicted molar refractivity (Wildman–Crippen MR) is 46.6 cm³/mol. The zero-order valence-electron chi connectivity index (χ0n) is 7.71. The summed E-state index contributed by atoms with van der Waals surface area (Å²) in [5.41, 5.74) is -0.235. The van der Waals surface area contributed by atoms with E-state index in [4.69, 9.17) is 4.74 Å². The van der Waals surface area contributed by atoms with E-state index in [9.17, 15) is 18.3 Å². The van der Waals surface area contributed by atoms with Gasteiger partial charge in [0.1, 0.15) is 18.2 Å². The van der Waals surface area contributed by atoms with Crippen molar-refractivity contribution in [3.8, 4) is 5.75 Å². The van der Waals surface area contributed by atoms with Crippen LogP contribution in [0.2, 0.25) is 0 Å². The number of fused-ring (bicyclic) bond motifs is 1. The molecule has 0 radical (unpaired) electrons. The molecular weight excluding hydrogens is 209 g/mol. The number of aliphatic hydroxyl groups excluding tert-OH is 1. The molecule has 1 aliphatic heterocycles. The third kappa shape index (κ3) is 1.92. The second kappa shape index (κ2) is 3.73. The minimum Gasteiger partial charge on any atom is -0.490 e. The number of halogens is 3. The van der Waals surface area contributed by atoms with Gasteiger partial charge in [0, 0.05) is 17.5 Å². The lowest BCUT2D eigenvalue weighted by Gasteiger charge is -2.22. The van der Waals surface area contributed by atoms with Crippen LogP contribution in [-0.4, -0.2) is 17.8 Å². The van der Waals surface area contributed by atoms with Gasteiger partial charge >= 0.3 is 0 Å². The third-order valence-electron chi connectivity index (χ3n) is 2.30. The molecule has 0 aromatic heterocycles. The molecule has 82 valence electrons. The van der Waals surface area contributed by atoms with Gasteiger partial charge < -0.3 is 9.84 Å². The van der Waals surface area contributed by atoms with Crippen molar-refractivity contribution < 1.29 is 23.0 Å². The Morgan fingerprint density at radius 3 is 2.80 bits per heavy atom. The van der Waals surface area contributed by atoms with Crippen molar-refractivity contribution in [1.82, 2.24) is 0 Å². The summed E-state index contributed by atoms with van der Waals surface area (Å²) >= 11 is 0. The Labute approximate surface area is 84.3 Å². The Morgan fingerprint density at radius 2 is 2.13 bits per heavy atom. The molecule has 0 amide bonds. The van der Waals surface area contributed by atoms with Gasteiger partial charge in [-0.05, 0) is 12.1 Å². The van der Waals surface area contributed by atoms with Gasteiger partial charge in [0.15, 0.2) is 0 Å². The maximum atomic E-state index is 13.3. The Kier molecular flexibility index (Phi) is 2.56. The Bertz CT molecular complexity index is 379. The summed E-state index contributed by atoms with van der Waals surface area (Å²) in [5.74, 6) is -0.642. The van der Waals surface area contributed by atoms with Gasteiger partial charge in [-0.1, -0.05) is 0 Å². The lowest BCUT2D eigenvalue weighted by atomic mass is 10.0. The summed E-state index contributed by atoms with van der Waals surface area (Å²) in [6.07, 6.45) is -3.39. The van der Waals surface area contributed by atoms with Crippen molar-refractivity contribution in [2.24, 2.45) is 0 Å². The first-order valence-electron chi connectivity index (χ1n) is 4.49. The summed E-state index contributed by atoms with van der Waals surface area (Å²) in [6.45, 7) is 0.0130. The fourth-order valence-electron chi connectivity index (χ4n) is 1.56. The predicted octanol–water partition coefficient (Wildman–Crippen LogP) is 2.06. The number of hydrogen-bond donors (Lipinski definition) is 1. The first kappa shape index (κ1) is 10.3. The normalized spacial score (nSPS) is 19.9. The van der Waals surface area contributed by atoms with Crippen molar-refractivity contribution in [3.05, 3.63) is 29.1 Å². The van der Waals surface area contributed by atoms with E-state index in [1.807, 2.05) is 0 Å². The zero-order chi connectivity index (χ0) is 11.0. The summed E-state index contributed by atoms with van der Waals surface area (Å²) in [5, 5.41) is 9.22. The van der Waals surface area contributed by atoms with Crippen LogP contribution >= 0.6 is 0 Å². The van der Waals surface area contributed by atoms with E-state index in [2.05, 4.69) is 0 Å². The number of aliphatic hydroxyl groups is 1. The van der Waals surface area contributed by atoms with Gasteiger partial charge in [-0.2, -0.15) is 0 Å².